The van der Waals surface area contributed by atoms with Gasteiger partial charge in [0.2, 0.25) is 5.91 Å². The number of carbonyl (C=O) groups excluding carboxylic acids is 1. The molecule has 1 fully saturated rings. The minimum Gasteiger partial charge on any atom is -0.479 e. The van der Waals surface area contributed by atoms with Crippen molar-refractivity contribution in [2.75, 3.05) is 6.54 Å². The standard InChI is InChI=1S/C12H10BrF2NO3/c13-6-3-10(17)16(5-6)11(12(18)19)8-2-1-7(14)4-9(8)15/h1-2,4,6,11H,3,5H2,(H,18,19). The summed E-state index contributed by atoms with van der Waals surface area (Å²) in [5, 5.41) is 9.22. The number of nitrogens with zero attached hydrogens (tertiary/aromatic N) is 1. The Hall–Kier alpha value is -1.50. The molecule has 4 nitrogen and oxygen atoms in total. The van der Waals surface area contributed by atoms with E-state index in [1.54, 1.807) is 0 Å². The molecule has 102 valence electrons. The van der Waals surface area contributed by atoms with E-state index >= 15 is 0 Å². The lowest BCUT2D eigenvalue weighted by molar-refractivity contribution is -0.148. The summed E-state index contributed by atoms with van der Waals surface area (Å²) in [5.74, 6) is -3.49. The van der Waals surface area contributed by atoms with Crippen molar-refractivity contribution in [1.82, 2.24) is 4.90 Å². The third-order valence-electron chi connectivity index (χ3n) is 2.91. The summed E-state index contributed by atoms with van der Waals surface area (Å²) in [5.41, 5.74) is -0.219. The Bertz CT molecular complexity index is 538. The maximum absolute atomic E-state index is 13.7. The van der Waals surface area contributed by atoms with E-state index in [4.69, 9.17) is 0 Å². The lowest BCUT2D eigenvalue weighted by atomic mass is 10.0. The summed E-state index contributed by atoms with van der Waals surface area (Å²) in [7, 11) is 0. The summed E-state index contributed by atoms with van der Waals surface area (Å²) >= 11 is 3.23. The first-order valence-electron chi connectivity index (χ1n) is 5.51. The first kappa shape index (κ1) is 13.9. The fourth-order valence-electron chi connectivity index (χ4n) is 2.09. The molecular formula is C12H10BrF2NO3. The number of amides is 1. The van der Waals surface area contributed by atoms with Gasteiger partial charge in [-0.2, -0.15) is 0 Å². The van der Waals surface area contributed by atoms with Crippen LogP contribution in [0.3, 0.4) is 0 Å². The van der Waals surface area contributed by atoms with Crippen LogP contribution in [0.4, 0.5) is 8.78 Å². The van der Waals surface area contributed by atoms with Crippen molar-refractivity contribution in [1.29, 1.82) is 0 Å². The Morgan fingerprint density at radius 1 is 1.47 bits per heavy atom. The van der Waals surface area contributed by atoms with E-state index in [1.807, 2.05) is 0 Å². The number of carboxylic acid groups (broad SMARTS) is 1. The van der Waals surface area contributed by atoms with Gasteiger partial charge in [-0.05, 0) is 6.07 Å². The average molecular weight is 334 g/mol. The Morgan fingerprint density at radius 2 is 2.16 bits per heavy atom. The Balaban J connectivity index is 2.41. The molecule has 0 saturated carbocycles. The van der Waals surface area contributed by atoms with Crippen LogP contribution in [-0.2, 0) is 9.59 Å². The summed E-state index contributed by atoms with van der Waals surface area (Å²) in [6, 6.07) is 1.20. The number of benzene rings is 1. The van der Waals surface area contributed by atoms with E-state index in [-0.39, 0.29) is 29.3 Å². The smallest absolute Gasteiger partial charge is 0.331 e. The topological polar surface area (TPSA) is 57.6 Å². The molecule has 0 aromatic heterocycles. The molecule has 1 aromatic carbocycles. The van der Waals surface area contributed by atoms with Crippen LogP contribution in [0.2, 0.25) is 0 Å². The highest BCUT2D eigenvalue weighted by atomic mass is 79.9. The van der Waals surface area contributed by atoms with Crippen LogP contribution in [0.1, 0.15) is 18.0 Å². The van der Waals surface area contributed by atoms with Gasteiger partial charge in [-0.25, -0.2) is 13.6 Å². The zero-order chi connectivity index (χ0) is 14.2. The van der Waals surface area contributed by atoms with Gasteiger partial charge in [0.25, 0.3) is 0 Å². The molecule has 1 heterocycles. The van der Waals surface area contributed by atoms with Gasteiger partial charge >= 0.3 is 5.97 Å². The summed E-state index contributed by atoms with van der Waals surface area (Å²) in [4.78, 5) is 23.9. The van der Waals surface area contributed by atoms with Crippen molar-refractivity contribution < 1.29 is 23.5 Å². The average Bonchev–Trinajstić information content (AvgIpc) is 2.61. The van der Waals surface area contributed by atoms with Crippen molar-refractivity contribution in [2.45, 2.75) is 17.3 Å². The Labute approximate surface area is 116 Å². The molecule has 1 amide bonds. The lowest BCUT2D eigenvalue weighted by Crippen LogP contribution is -2.36. The third-order valence-corrected chi connectivity index (χ3v) is 3.53. The molecule has 2 rings (SSSR count). The van der Waals surface area contributed by atoms with Crippen LogP contribution < -0.4 is 0 Å². The highest BCUT2D eigenvalue weighted by Crippen LogP contribution is 2.30. The molecule has 1 aliphatic rings. The molecule has 0 aliphatic carbocycles. The maximum Gasteiger partial charge on any atom is 0.331 e. The first-order chi connectivity index (χ1) is 8.90. The third kappa shape index (κ3) is 2.75. The SMILES string of the molecule is O=C(O)C(c1ccc(F)cc1F)N1CC(Br)CC1=O. The lowest BCUT2D eigenvalue weighted by Gasteiger charge is -2.25. The van der Waals surface area contributed by atoms with Crippen LogP contribution in [0, 0.1) is 11.6 Å². The highest BCUT2D eigenvalue weighted by Gasteiger charge is 2.38. The number of alkyl halides is 1. The molecule has 0 spiro atoms. The Morgan fingerprint density at radius 3 is 2.63 bits per heavy atom. The normalized spacial score (nSPS) is 20.7. The van der Waals surface area contributed by atoms with E-state index < -0.39 is 23.6 Å². The summed E-state index contributed by atoms with van der Waals surface area (Å²) < 4.78 is 26.5. The molecule has 2 atom stereocenters. The second kappa shape index (κ2) is 5.24. The largest absolute Gasteiger partial charge is 0.479 e. The summed E-state index contributed by atoms with van der Waals surface area (Å²) in [6.07, 6.45) is 0.159. The predicted octanol–water partition coefficient (Wildman–Crippen LogP) is 2.09. The van der Waals surface area contributed by atoms with Crippen molar-refractivity contribution in [3.8, 4) is 0 Å². The molecule has 7 heteroatoms. The van der Waals surface area contributed by atoms with E-state index in [0.717, 1.165) is 17.0 Å². The molecule has 0 bridgehead atoms. The van der Waals surface area contributed by atoms with Crippen LogP contribution in [0.5, 0.6) is 0 Å². The van der Waals surface area contributed by atoms with Gasteiger partial charge in [0.1, 0.15) is 11.6 Å². The van der Waals surface area contributed by atoms with Crippen molar-refractivity contribution in [3.63, 3.8) is 0 Å². The highest BCUT2D eigenvalue weighted by molar-refractivity contribution is 9.09. The van der Waals surface area contributed by atoms with E-state index in [9.17, 15) is 23.5 Å². The molecule has 19 heavy (non-hydrogen) atoms. The minimum atomic E-state index is -1.43. The van der Waals surface area contributed by atoms with Crippen molar-refractivity contribution in [2.24, 2.45) is 0 Å². The zero-order valence-electron chi connectivity index (χ0n) is 9.65. The number of rotatable bonds is 3. The first-order valence-corrected chi connectivity index (χ1v) is 6.43. The van der Waals surface area contributed by atoms with Gasteiger partial charge in [0.05, 0.1) is 0 Å². The van der Waals surface area contributed by atoms with Crippen LogP contribution in [-0.4, -0.2) is 33.3 Å². The maximum atomic E-state index is 13.7. The fourth-order valence-corrected chi connectivity index (χ4v) is 2.68. The van der Waals surface area contributed by atoms with Gasteiger partial charge < -0.3 is 10.0 Å². The number of halogens is 3. The van der Waals surface area contributed by atoms with Gasteiger partial charge in [0, 0.05) is 29.4 Å². The molecule has 2 unspecified atom stereocenters. The van der Waals surface area contributed by atoms with Crippen LogP contribution >= 0.6 is 15.9 Å². The molecule has 1 saturated heterocycles. The molecule has 1 N–H and O–H groups in total. The molecule has 1 aromatic rings. The van der Waals surface area contributed by atoms with Crippen molar-refractivity contribution >= 4 is 27.8 Å². The second-order valence-corrected chi connectivity index (χ2v) is 5.55. The monoisotopic (exact) mass is 333 g/mol. The minimum absolute atomic E-state index is 0.159. The number of hydrogen-bond acceptors (Lipinski definition) is 2. The fraction of sp³-hybridized carbons (Fsp3) is 0.333. The quantitative estimate of drug-likeness (QED) is 0.861. The van der Waals surface area contributed by atoms with Crippen molar-refractivity contribution in [3.05, 3.63) is 35.4 Å². The zero-order valence-corrected chi connectivity index (χ0v) is 11.2. The van der Waals surface area contributed by atoms with Crippen LogP contribution in [0.25, 0.3) is 0 Å². The van der Waals surface area contributed by atoms with Crippen LogP contribution in [0.15, 0.2) is 18.2 Å². The second-order valence-electron chi connectivity index (χ2n) is 4.25. The van der Waals surface area contributed by atoms with E-state index in [1.165, 1.54) is 0 Å². The summed E-state index contributed by atoms with van der Waals surface area (Å²) in [6.45, 7) is 0.173. The van der Waals surface area contributed by atoms with Gasteiger partial charge in [-0.3, -0.25) is 4.79 Å². The molecule has 0 radical (unpaired) electrons. The van der Waals surface area contributed by atoms with Gasteiger partial charge in [-0.15, -0.1) is 0 Å². The predicted molar refractivity (Wildman–Crippen MR) is 65.8 cm³/mol. The van der Waals surface area contributed by atoms with Gasteiger partial charge in [0.15, 0.2) is 6.04 Å². The number of aliphatic carboxylic acids is 1. The van der Waals surface area contributed by atoms with E-state index in [0.29, 0.717) is 6.07 Å². The molecule has 1 aliphatic heterocycles. The number of hydrogen-bond donors (Lipinski definition) is 1. The van der Waals surface area contributed by atoms with E-state index in [2.05, 4.69) is 15.9 Å². The van der Waals surface area contributed by atoms with Gasteiger partial charge in [-0.1, -0.05) is 22.0 Å². The number of likely N-dealkylation sites (tertiary alicyclic amines) is 1. The Kier molecular flexibility index (Phi) is 3.84. The number of carbonyl (C=O) groups is 2. The molecular weight excluding hydrogens is 324 g/mol. The number of carboxylic acids is 1.